The third kappa shape index (κ3) is 6.84. The zero-order chi connectivity index (χ0) is 53.9. The molecule has 0 saturated carbocycles. The topological polar surface area (TPSA) is 13.1 Å². The molecule has 0 fully saturated rings. The minimum Gasteiger partial charge on any atom is -0.310 e. The second-order valence-corrected chi connectivity index (χ2v) is 22.0. The molecule has 3 heteroatoms. The van der Waals surface area contributed by atoms with Crippen LogP contribution in [0.2, 0.25) is 0 Å². The first-order valence-electron chi connectivity index (χ1n) is 28.4. The van der Waals surface area contributed by atoms with Gasteiger partial charge in [0.05, 0.1) is 27.5 Å². The first-order chi connectivity index (χ1) is 40.7. The van der Waals surface area contributed by atoms with Crippen LogP contribution in [0, 0.1) is 0 Å². The molecule has 0 saturated heterocycles. The molecule has 13 aromatic carbocycles. The Hall–Kier alpha value is -10.7. The number of benzene rings is 13. The zero-order valence-electron chi connectivity index (χ0n) is 44.8. The number of hydrogen-bond donors (Lipinski definition) is 0. The van der Waals surface area contributed by atoms with E-state index >= 15 is 0 Å². The lowest BCUT2D eigenvalue weighted by Crippen LogP contribution is -2.26. The van der Waals surface area contributed by atoms with Crippen molar-refractivity contribution in [3.05, 3.63) is 332 Å². The number of hydrogen-bond acceptors (Lipinski definition) is 1. The Labute approximate surface area is 476 Å². The Bertz CT molecular complexity index is 4910. The standard InChI is InChI=1S/C79H51N3/c1-3-19-52(20-4-1)53-35-40-59(41-36-53)80(61-44-46-66-65-25-9-15-31-73(65)79(74(66)51-61)71-29-13-7-23-63(71)64-24-8-14-30-72(64)79)62-48-56(54-37-42-60(43-38-54)81-75-32-16-10-26-67(75)68-27-11-17-33-76(68)81)47-57(49-62)55-39-45-70-69-28-12-18-34-77(69)82(78(70)50-55)58-21-5-2-6-22-58/h1-51H. The van der Waals surface area contributed by atoms with Gasteiger partial charge >= 0.3 is 0 Å². The van der Waals surface area contributed by atoms with E-state index in [2.05, 4.69) is 323 Å². The SMILES string of the molecule is c1ccc(-c2ccc(N(c3cc(-c4ccc(-n5c6ccccc6c6ccccc65)cc4)cc(-c4ccc5c6ccccc6n(-c6ccccc6)c5c4)c3)c3ccc4c(c3)C3(c5ccccc5-c5ccccc53)c3ccccc3-4)cc2)cc1. The average Bonchev–Trinajstić information content (AvgIpc) is 1.67. The molecule has 2 aromatic heterocycles. The van der Waals surface area contributed by atoms with E-state index in [1.165, 1.54) is 99.2 Å². The van der Waals surface area contributed by atoms with E-state index in [9.17, 15) is 0 Å². The van der Waals surface area contributed by atoms with Gasteiger partial charge in [-0.05, 0) is 169 Å². The zero-order valence-corrected chi connectivity index (χ0v) is 44.8. The first kappa shape index (κ1) is 46.2. The predicted octanol–water partition coefficient (Wildman–Crippen LogP) is 20.7. The number of anilines is 3. The number of rotatable bonds is 8. The Morgan fingerprint density at radius 2 is 0.622 bits per heavy atom. The number of nitrogens with zero attached hydrogens (tertiary/aromatic N) is 3. The van der Waals surface area contributed by atoms with Gasteiger partial charge in [-0.15, -0.1) is 0 Å². The molecule has 2 heterocycles. The third-order valence-electron chi connectivity index (χ3n) is 17.7. The highest BCUT2D eigenvalue weighted by Crippen LogP contribution is 2.63. The summed E-state index contributed by atoms with van der Waals surface area (Å²) in [6.45, 7) is 0. The van der Waals surface area contributed by atoms with Gasteiger partial charge in [0.1, 0.15) is 0 Å². The van der Waals surface area contributed by atoms with Crippen LogP contribution in [0.4, 0.5) is 17.1 Å². The van der Waals surface area contributed by atoms with E-state index in [4.69, 9.17) is 0 Å². The lowest BCUT2D eigenvalue weighted by atomic mass is 9.70. The Balaban J connectivity index is 0.907. The number of para-hydroxylation sites is 4. The van der Waals surface area contributed by atoms with E-state index in [-0.39, 0.29) is 0 Å². The van der Waals surface area contributed by atoms with Crippen LogP contribution < -0.4 is 4.90 Å². The van der Waals surface area contributed by atoms with Crippen molar-refractivity contribution >= 4 is 60.7 Å². The molecule has 382 valence electrons. The molecule has 82 heavy (non-hydrogen) atoms. The van der Waals surface area contributed by atoms with Crippen LogP contribution in [0.1, 0.15) is 22.3 Å². The highest BCUT2D eigenvalue weighted by atomic mass is 15.1. The van der Waals surface area contributed by atoms with E-state index in [0.29, 0.717) is 0 Å². The van der Waals surface area contributed by atoms with E-state index in [0.717, 1.165) is 50.7 Å². The predicted molar refractivity (Wildman–Crippen MR) is 342 cm³/mol. The van der Waals surface area contributed by atoms with Crippen molar-refractivity contribution in [2.24, 2.45) is 0 Å². The summed E-state index contributed by atoms with van der Waals surface area (Å²) in [7, 11) is 0. The van der Waals surface area contributed by atoms with Gasteiger partial charge in [-0.25, -0.2) is 0 Å². The van der Waals surface area contributed by atoms with Crippen LogP contribution in [0.5, 0.6) is 0 Å². The Kier molecular flexibility index (Phi) is 10.2. The second kappa shape index (κ2) is 18.2. The summed E-state index contributed by atoms with van der Waals surface area (Å²) in [5.74, 6) is 0. The van der Waals surface area contributed by atoms with Gasteiger partial charge in [0.25, 0.3) is 0 Å². The molecule has 0 bridgehead atoms. The van der Waals surface area contributed by atoms with Crippen LogP contribution in [-0.4, -0.2) is 9.13 Å². The van der Waals surface area contributed by atoms with Gasteiger partial charge < -0.3 is 14.0 Å². The van der Waals surface area contributed by atoms with Crippen molar-refractivity contribution in [2.45, 2.75) is 5.41 Å². The maximum Gasteiger partial charge on any atom is 0.0726 e. The summed E-state index contributed by atoms with van der Waals surface area (Å²) in [6.07, 6.45) is 0. The van der Waals surface area contributed by atoms with Gasteiger partial charge in [-0.2, -0.15) is 0 Å². The Morgan fingerprint density at radius 1 is 0.220 bits per heavy atom. The molecular formula is C79H51N3. The largest absolute Gasteiger partial charge is 0.310 e. The molecule has 15 aromatic rings. The molecule has 0 aliphatic heterocycles. The lowest BCUT2D eigenvalue weighted by molar-refractivity contribution is 0.793. The minimum atomic E-state index is -0.504. The fourth-order valence-electron chi connectivity index (χ4n) is 14.2. The van der Waals surface area contributed by atoms with E-state index in [1.807, 2.05) is 0 Å². The molecule has 2 aliphatic rings. The minimum absolute atomic E-state index is 0.504. The number of fused-ring (bicyclic) bond motifs is 16. The summed E-state index contributed by atoms with van der Waals surface area (Å²) in [5.41, 5.74) is 27.0. The van der Waals surface area contributed by atoms with Crippen molar-refractivity contribution in [3.8, 4) is 67.0 Å². The van der Waals surface area contributed by atoms with Gasteiger partial charge in [-0.1, -0.05) is 218 Å². The smallest absolute Gasteiger partial charge is 0.0726 e. The summed E-state index contributed by atoms with van der Waals surface area (Å²) in [6, 6.07) is 115. The van der Waals surface area contributed by atoms with Gasteiger partial charge in [0, 0.05) is 50.0 Å². The average molecular weight is 1040 g/mol. The van der Waals surface area contributed by atoms with Gasteiger partial charge in [-0.3, -0.25) is 0 Å². The number of aromatic nitrogens is 2. The molecule has 0 radical (unpaired) electrons. The molecule has 0 atom stereocenters. The lowest BCUT2D eigenvalue weighted by Gasteiger charge is -2.32. The maximum absolute atomic E-state index is 2.51. The fraction of sp³-hybridized carbons (Fsp3) is 0.0127. The van der Waals surface area contributed by atoms with Crippen molar-refractivity contribution in [1.82, 2.24) is 9.13 Å². The van der Waals surface area contributed by atoms with Gasteiger partial charge in [0.2, 0.25) is 0 Å². The molecule has 1 spiro atoms. The molecule has 0 N–H and O–H groups in total. The summed E-state index contributed by atoms with van der Waals surface area (Å²) >= 11 is 0. The molecule has 17 rings (SSSR count). The van der Waals surface area contributed by atoms with Crippen LogP contribution in [0.3, 0.4) is 0 Å². The van der Waals surface area contributed by atoms with Crippen molar-refractivity contribution in [1.29, 1.82) is 0 Å². The van der Waals surface area contributed by atoms with Crippen molar-refractivity contribution in [3.63, 3.8) is 0 Å². The molecule has 2 aliphatic carbocycles. The molecule has 0 unspecified atom stereocenters. The highest BCUT2D eigenvalue weighted by Gasteiger charge is 2.51. The van der Waals surface area contributed by atoms with Crippen LogP contribution in [0.25, 0.3) is 111 Å². The van der Waals surface area contributed by atoms with Crippen molar-refractivity contribution < 1.29 is 0 Å². The third-order valence-corrected chi connectivity index (χ3v) is 17.7. The fourth-order valence-corrected chi connectivity index (χ4v) is 14.2. The molecular weight excluding hydrogens is 991 g/mol. The van der Waals surface area contributed by atoms with Crippen molar-refractivity contribution in [2.75, 3.05) is 4.90 Å². The quantitative estimate of drug-likeness (QED) is 0.148. The highest BCUT2D eigenvalue weighted by molar-refractivity contribution is 6.11. The maximum atomic E-state index is 2.51. The normalized spacial score (nSPS) is 12.7. The first-order valence-corrected chi connectivity index (χ1v) is 28.4. The van der Waals surface area contributed by atoms with Gasteiger partial charge in [0.15, 0.2) is 0 Å². The monoisotopic (exact) mass is 1040 g/mol. The van der Waals surface area contributed by atoms with Crippen LogP contribution in [-0.2, 0) is 5.41 Å². The molecule has 0 amide bonds. The molecule has 3 nitrogen and oxygen atoms in total. The summed E-state index contributed by atoms with van der Waals surface area (Å²) in [5, 5.41) is 4.97. The summed E-state index contributed by atoms with van der Waals surface area (Å²) in [4.78, 5) is 2.50. The summed E-state index contributed by atoms with van der Waals surface area (Å²) < 4.78 is 4.82. The Morgan fingerprint density at radius 3 is 1.21 bits per heavy atom. The van der Waals surface area contributed by atoms with E-state index in [1.54, 1.807) is 0 Å². The van der Waals surface area contributed by atoms with Crippen LogP contribution in [0.15, 0.2) is 309 Å². The van der Waals surface area contributed by atoms with Crippen LogP contribution >= 0.6 is 0 Å². The second-order valence-electron chi connectivity index (χ2n) is 22.0. The van der Waals surface area contributed by atoms with E-state index < -0.39 is 5.41 Å².